The van der Waals surface area contributed by atoms with Crippen molar-refractivity contribution in [3.05, 3.63) is 71.8 Å². The third kappa shape index (κ3) is 5.87. The molecule has 1 aliphatic heterocycles. The second-order valence-corrected chi connectivity index (χ2v) is 8.58. The topological polar surface area (TPSA) is 61.8 Å². The molecular weight excluding hydrogens is 400 g/mol. The van der Waals surface area contributed by atoms with Crippen LogP contribution in [0.1, 0.15) is 54.6 Å². The van der Waals surface area contributed by atoms with E-state index in [-0.39, 0.29) is 5.91 Å². The summed E-state index contributed by atoms with van der Waals surface area (Å²) in [5.74, 6) is 0.691. The molecule has 0 aliphatic carbocycles. The number of aliphatic hydroxyl groups is 1. The first-order chi connectivity index (χ1) is 15.6. The number of fused-ring (bicyclic) bond motifs is 1. The minimum absolute atomic E-state index is 0.173. The average Bonchev–Trinajstić information content (AvgIpc) is 2.82. The fourth-order valence-corrected chi connectivity index (χ4v) is 4.20. The number of benzene rings is 3. The number of hydrogen-bond donors (Lipinski definition) is 2. The zero-order chi connectivity index (χ0) is 22.3. The standard InChI is InChI=1S/C27H32N2O3/c1-20(30)21-7-5-8-25(18-21)28-27(31)24-10-9-23-19-26(12-11-22(23)17-24)32-16-6-15-29-13-3-2-4-14-29/h5,7-12,17-20,30H,2-4,6,13-16H2,1H3,(H,28,31). The number of nitrogens with one attached hydrogen (secondary N) is 1. The molecule has 2 N–H and O–H groups in total. The quantitative estimate of drug-likeness (QED) is 0.468. The van der Waals surface area contributed by atoms with Crippen molar-refractivity contribution in [1.29, 1.82) is 0 Å². The van der Waals surface area contributed by atoms with E-state index in [0.29, 0.717) is 17.9 Å². The predicted octanol–water partition coefficient (Wildman–Crippen LogP) is 5.40. The van der Waals surface area contributed by atoms with Gasteiger partial charge in [0.25, 0.3) is 5.91 Å². The molecule has 3 aromatic carbocycles. The van der Waals surface area contributed by atoms with Crippen molar-refractivity contribution in [3.63, 3.8) is 0 Å². The highest BCUT2D eigenvalue weighted by molar-refractivity contribution is 6.06. The van der Waals surface area contributed by atoms with Gasteiger partial charge < -0.3 is 20.1 Å². The molecule has 0 aromatic heterocycles. The molecule has 0 saturated carbocycles. The van der Waals surface area contributed by atoms with Crippen molar-refractivity contribution >= 4 is 22.4 Å². The number of carbonyl (C=O) groups is 1. The van der Waals surface area contributed by atoms with Gasteiger partial charge in [-0.2, -0.15) is 0 Å². The molecule has 1 atom stereocenters. The Morgan fingerprint density at radius 3 is 2.62 bits per heavy atom. The number of nitrogens with zero attached hydrogens (tertiary/aromatic N) is 1. The van der Waals surface area contributed by atoms with E-state index < -0.39 is 6.10 Å². The molecule has 5 nitrogen and oxygen atoms in total. The third-order valence-electron chi connectivity index (χ3n) is 6.04. The van der Waals surface area contributed by atoms with Crippen molar-refractivity contribution in [1.82, 2.24) is 4.90 Å². The Bertz CT molecular complexity index is 1060. The molecule has 0 bridgehead atoms. The molecule has 1 unspecified atom stereocenters. The Hall–Kier alpha value is -2.89. The second kappa shape index (κ2) is 10.6. The van der Waals surface area contributed by atoms with Gasteiger partial charge in [-0.15, -0.1) is 0 Å². The summed E-state index contributed by atoms with van der Waals surface area (Å²) in [5.41, 5.74) is 2.03. The highest BCUT2D eigenvalue weighted by Crippen LogP contribution is 2.23. The van der Waals surface area contributed by atoms with E-state index in [9.17, 15) is 9.90 Å². The Morgan fingerprint density at radius 1 is 1.03 bits per heavy atom. The summed E-state index contributed by atoms with van der Waals surface area (Å²) in [6.07, 6.45) is 4.46. The minimum Gasteiger partial charge on any atom is -0.494 e. The Kier molecular flexibility index (Phi) is 7.40. The average molecular weight is 433 g/mol. The Morgan fingerprint density at radius 2 is 1.81 bits per heavy atom. The van der Waals surface area contributed by atoms with E-state index in [2.05, 4.69) is 10.2 Å². The molecular formula is C27H32N2O3. The van der Waals surface area contributed by atoms with Crippen molar-refractivity contribution < 1.29 is 14.6 Å². The number of hydrogen-bond acceptors (Lipinski definition) is 4. The maximum Gasteiger partial charge on any atom is 0.255 e. The highest BCUT2D eigenvalue weighted by atomic mass is 16.5. The molecule has 0 spiro atoms. The molecule has 4 rings (SSSR count). The van der Waals surface area contributed by atoms with Crippen LogP contribution in [0, 0.1) is 0 Å². The lowest BCUT2D eigenvalue weighted by Gasteiger charge is -2.26. The predicted molar refractivity (Wildman–Crippen MR) is 129 cm³/mol. The molecule has 1 saturated heterocycles. The van der Waals surface area contributed by atoms with Crippen LogP contribution in [0.15, 0.2) is 60.7 Å². The van der Waals surface area contributed by atoms with Gasteiger partial charge in [-0.25, -0.2) is 0 Å². The second-order valence-electron chi connectivity index (χ2n) is 8.58. The lowest BCUT2D eigenvalue weighted by molar-refractivity contribution is 0.102. The largest absolute Gasteiger partial charge is 0.494 e. The SMILES string of the molecule is CC(O)c1cccc(NC(=O)c2ccc3cc(OCCCN4CCCCC4)ccc3c2)c1. The van der Waals surface area contributed by atoms with E-state index in [0.717, 1.165) is 35.1 Å². The van der Waals surface area contributed by atoms with Gasteiger partial charge in [0.15, 0.2) is 0 Å². The molecule has 3 aromatic rings. The lowest BCUT2D eigenvalue weighted by Crippen LogP contribution is -2.31. The summed E-state index contributed by atoms with van der Waals surface area (Å²) in [5, 5.41) is 14.7. The van der Waals surface area contributed by atoms with Crippen LogP contribution in [0.4, 0.5) is 5.69 Å². The Labute approximate surface area is 190 Å². The lowest BCUT2D eigenvalue weighted by atomic mass is 10.1. The third-order valence-corrected chi connectivity index (χ3v) is 6.04. The van der Waals surface area contributed by atoms with Crippen molar-refractivity contribution in [2.75, 3.05) is 31.6 Å². The molecule has 5 heteroatoms. The summed E-state index contributed by atoms with van der Waals surface area (Å²) in [7, 11) is 0. The highest BCUT2D eigenvalue weighted by Gasteiger charge is 2.11. The number of ether oxygens (including phenoxy) is 1. The first-order valence-electron chi connectivity index (χ1n) is 11.6. The smallest absolute Gasteiger partial charge is 0.255 e. The molecule has 1 amide bonds. The van der Waals surface area contributed by atoms with E-state index in [1.165, 1.54) is 32.4 Å². The number of piperidine rings is 1. The number of aliphatic hydroxyl groups excluding tert-OH is 1. The normalized spacial score (nSPS) is 15.4. The van der Waals surface area contributed by atoms with E-state index in [1.54, 1.807) is 13.0 Å². The van der Waals surface area contributed by atoms with Gasteiger partial charge in [0.2, 0.25) is 0 Å². The summed E-state index contributed by atoms with van der Waals surface area (Å²) < 4.78 is 5.97. The van der Waals surface area contributed by atoms with Crippen molar-refractivity contribution in [2.24, 2.45) is 0 Å². The van der Waals surface area contributed by atoms with Crippen LogP contribution in [0.3, 0.4) is 0 Å². The first-order valence-corrected chi connectivity index (χ1v) is 11.6. The van der Waals surface area contributed by atoms with Crippen LogP contribution in [0.5, 0.6) is 5.75 Å². The van der Waals surface area contributed by atoms with E-state index in [4.69, 9.17) is 4.74 Å². The summed E-state index contributed by atoms with van der Waals surface area (Å²) in [4.78, 5) is 15.2. The molecule has 32 heavy (non-hydrogen) atoms. The van der Waals surface area contributed by atoms with Crippen LogP contribution < -0.4 is 10.1 Å². The van der Waals surface area contributed by atoms with Gasteiger partial charge in [0, 0.05) is 17.8 Å². The Balaban J connectivity index is 1.34. The van der Waals surface area contributed by atoms with Crippen LogP contribution >= 0.6 is 0 Å². The maximum atomic E-state index is 12.7. The zero-order valence-electron chi connectivity index (χ0n) is 18.7. The number of carbonyl (C=O) groups excluding carboxylic acids is 1. The number of amides is 1. The van der Waals surface area contributed by atoms with E-state index in [1.807, 2.05) is 54.6 Å². The molecule has 0 radical (unpaired) electrons. The maximum absolute atomic E-state index is 12.7. The number of rotatable bonds is 8. The zero-order valence-corrected chi connectivity index (χ0v) is 18.7. The van der Waals surface area contributed by atoms with Crippen molar-refractivity contribution in [3.8, 4) is 5.75 Å². The van der Waals surface area contributed by atoms with Crippen molar-refractivity contribution in [2.45, 2.75) is 38.7 Å². The molecule has 1 fully saturated rings. The molecule has 1 heterocycles. The van der Waals surface area contributed by atoms with Gasteiger partial charge >= 0.3 is 0 Å². The van der Waals surface area contributed by atoms with Gasteiger partial charge in [0.1, 0.15) is 5.75 Å². The van der Waals surface area contributed by atoms with Gasteiger partial charge in [-0.3, -0.25) is 4.79 Å². The number of anilines is 1. The molecule has 168 valence electrons. The van der Waals surface area contributed by atoms with Crippen LogP contribution in [0.25, 0.3) is 10.8 Å². The summed E-state index contributed by atoms with van der Waals surface area (Å²) in [6, 6.07) is 19.0. The van der Waals surface area contributed by atoms with Crippen LogP contribution in [-0.2, 0) is 0 Å². The van der Waals surface area contributed by atoms with Crippen LogP contribution in [-0.4, -0.2) is 42.2 Å². The van der Waals surface area contributed by atoms with Gasteiger partial charge in [-0.05, 0) is 92.0 Å². The fourth-order valence-electron chi connectivity index (χ4n) is 4.20. The minimum atomic E-state index is -0.575. The fraction of sp³-hybridized carbons (Fsp3) is 0.370. The summed E-state index contributed by atoms with van der Waals surface area (Å²) in [6.45, 7) is 5.97. The first kappa shape index (κ1) is 22.3. The van der Waals surface area contributed by atoms with Gasteiger partial charge in [0.05, 0.1) is 12.7 Å². The molecule has 1 aliphatic rings. The van der Waals surface area contributed by atoms with Gasteiger partial charge in [-0.1, -0.05) is 30.7 Å². The number of likely N-dealkylation sites (tertiary alicyclic amines) is 1. The van der Waals surface area contributed by atoms with E-state index >= 15 is 0 Å². The van der Waals surface area contributed by atoms with Crippen LogP contribution in [0.2, 0.25) is 0 Å². The summed E-state index contributed by atoms with van der Waals surface area (Å²) >= 11 is 0. The monoisotopic (exact) mass is 432 g/mol.